The van der Waals surface area contributed by atoms with Crippen LogP contribution in [0.1, 0.15) is 33.0 Å². The molecule has 1 aromatic heterocycles. The summed E-state index contributed by atoms with van der Waals surface area (Å²) >= 11 is 1.48. The number of hydrogen-bond donors (Lipinski definition) is 0. The molecule has 0 saturated heterocycles. The van der Waals surface area contributed by atoms with E-state index in [1.54, 1.807) is 29.2 Å². The number of thiophene rings is 1. The molecule has 5 aromatic carbocycles. The molecule has 8 heteroatoms. The Morgan fingerprint density at radius 2 is 1.46 bits per heavy atom. The Hall–Kier alpha value is -5.49. The van der Waals surface area contributed by atoms with Crippen LogP contribution in [0.2, 0.25) is 0 Å². The molecule has 1 amide bonds. The molecule has 0 radical (unpaired) electrons. The van der Waals surface area contributed by atoms with Gasteiger partial charge in [-0.05, 0) is 47.9 Å². The Morgan fingerprint density at radius 3 is 2.19 bits per heavy atom. The largest absolute Gasteiger partial charge is 0.308 e. The minimum absolute atomic E-state index is 0.0486. The highest BCUT2D eigenvalue weighted by molar-refractivity contribution is 7.93. The van der Waals surface area contributed by atoms with Crippen LogP contribution in [0.4, 0.5) is 11.4 Å². The van der Waals surface area contributed by atoms with Crippen LogP contribution in [0.25, 0.3) is 14.9 Å². The highest BCUT2D eigenvalue weighted by Crippen LogP contribution is 2.62. The van der Waals surface area contributed by atoms with Crippen molar-refractivity contribution in [3.63, 3.8) is 0 Å². The van der Waals surface area contributed by atoms with Crippen LogP contribution >= 0.6 is 11.3 Å². The van der Waals surface area contributed by atoms with Gasteiger partial charge in [-0.2, -0.15) is 0 Å². The monoisotopic (exact) mass is 663 g/mol. The van der Waals surface area contributed by atoms with Crippen molar-refractivity contribution in [1.82, 2.24) is 0 Å². The Balaban J connectivity index is 1.50. The lowest BCUT2D eigenvalue weighted by Gasteiger charge is -2.35. The third-order valence-electron chi connectivity index (χ3n) is 9.37. The van der Waals surface area contributed by atoms with Gasteiger partial charge in [-0.1, -0.05) is 115 Å². The fraction of sp³-hybridized carbons (Fsp3) is 0.100. The molecular formula is C40H29N3O3S2. The van der Waals surface area contributed by atoms with Crippen LogP contribution in [0.3, 0.4) is 0 Å². The maximum absolute atomic E-state index is 15.5. The minimum atomic E-state index is -4.23. The van der Waals surface area contributed by atoms with E-state index in [0.29, 0.717) is 28.4 Å². The van der Waals surface area contributed by atoms with E-state index in [2.05, 4.69) is 4.85 Å². The summed E-state index contributed by atoms with van der Waals surface area (Å²) in [4.78, 5) is 22.2. The third kappa shape index (κ3) is 4.35. The van der Waals surface area contributed by atoms with Crippen molar-refractivity contribution in [2.24, 2.45) is 0 Å². The zero-order chi connectivity index (χ0) is 33.0. The average Bonchev–Trinajstić information content (AvgIpc) is 3.55. The number of carbonyl (C=O) groups is 1. The van der Waals surface area contributed by atoms with Crippen molar-refractivity contribution < 1.29 is 13.2 Å². The van der Waals surface area contributed by atoms with E-state index >= 15 is 4.79 Å². The molecule has 2 atom stereocenters. The van der Waals surface area contributed by atoms with Crippen molar-refractivity contribution in [2.45, 2.75) is 29.7 Å². The molecular weight excluding hydrogens is 635 g/mol. The number of sulfonamides is 1. The quantitative estimate of drug-likeness (QED) is 0.173. The van der Waals surface area contributed by atoms with Crippen molar-refractivity contribution in [3.8, 4) is 0 Å². The van der Waals surface area contributed by atoms with Crippen molar-refractivity contribution in [1.29, 1.82) is 0 Å². The van der Waals surface area contributed by atoms with Gasteiger partial charge < -0.3 is 4.90 Å². The van der Waals surface area contributed by atoms with Gasteiger partial charge in [0, 0.05) is 32.8 Å². The van der Waals surface area contributed by atoms with Gasteiger partial charge in [0.05, 0.1) is 23.7 Å². The zero-order valence-electron chi connectivity index (χ0n) is 25.9. The van der Waals surface area contributed by atoms with Gasteiger partial charge in [-0.15, -0.1) is 11.3 Å². The number of fused-ring (bicyclic) bond motifs is 5. The predicted molar refractivity (Wildman–Crippen MR) is 191 cm³/mol. The fourth-order valence-electron chi connectivity index (χ4n) is 7.20. The summed E-state index contributed by atoms with van der Waals surface area (Å²) in [5.41, 5.74) is 3.04. The van der Waals surface area contributed by atoms with Crippen molar-refractivity contribution >= 4 is 48.7 Å². The van der Waals surface area contributed by atoms with Crippen LogP contribution in [-0.2, 0) is 26.8 Å². The smallest absolute Gasteiger partial charge is 0.267 e. The Bertz CT molecular complexity index is 2400. The number of nitrogens with zero attached hydrogens (tertiary/aromatic N) is 3. The van der Waals surface area contributed by atoms with E-state index < -0.39 is 21.4 Å². The van der Waals surface area contributed by atoms with Crippen LogP contribution in [0.15, 0.2) is 150 Å². The summed E-state index contributed by atoms with van der Waals surface area (Å²) in [7, 11) is -4.23. The zero-order valence-corrected chi connectivity index (χ0v) is 27.6. The van der Waals surface area contributed by atoms with E-state index in [1.807, 2.05) is 116 Å². The van der Waals surface area contributed by atoms with Crippen LogP contribution < -0.4 is 9.21 Å². The number of rotatable bonds is 5. The standard InChI is InChI=1S/C40H29N3O3S2/c1-27-21-23-30(24-22-27)48(45,46)43-26-35(41-2)40(32-18-10-11-19-33(32)42(39(40)44)25-28-13-5-3-6-14-28)36(29-15-7-4-8-16-29)38-37(43)31-17-9-12-20-34(31)47-38/h3-24,26,36H,25H2,1H3/t36-,40-/m0/s1. The van der Waals surface area contributed by atoms with Crippen LogP contribution in [-0.4, -0.2) is 14.3 Å². The minimum Gasteiger partial charge on any atom is -0.308 e. The highest BCUT2D eigenvalue weighted by atomic mass is 32.2. The number of anilines is 2. The Kier molecular flexibility index (Phi) is 7.06. The summed E-state index contributed by atoms with van der Waals surface area (Å²) in [6.45, 7) is 10.9. The second-order valence-electron chi connectivity index (χ2n) is 12.1. The number of carbonyl (C=O) groups excluding carboxylic acids is 1. The topological polar surface area (TPSA) is 62.1 Å². The molecule has 6 aromatic rings. The molecule has 0 aliphatic carbocycles. The second-order valence-corrected chi connectivity index (χ2v) is 15.0. The molecule has 0 fully saturated rings. The van der Waals surface area contributed by atoms with E-state index in [9.17, 15) is 8.42 Å². The molecule has 0 saturated carbocycles. The molecule has 8 rings (SSSR count). The number of para-hydroxylation sites is 1. The third-order valence-corrected chi connectivity index (χ3v) is 12.3. The molecule has 48 heavy (non-hydrogen) atoms. The molecule has 0 unspecified atom stereocenters. The van der Waals surface area contributed by atoms with Crippen LogP contribution in [0, 0.1) is 13.5 Å². The number of benzene rings is 5. The van der Waals surface area contributed by atoms with Gasteiger partial charge in [0.1, 0.15) is 5.41 Å². The molecule has 1 spiro atoms. The summed E-state index contributed by atoms with van der Waals surface area (Å²) in [5, 5.41) is 0.742. The Labute approximate surface area is 283 Å². The number of amides is 1. The van der Waals surface area contributed by atoms with Gasteiger partial charge in [0.2, 0.25) is 11.6 Å². The van der Waals surface area contributed by atoms with E-state index in [1.165, 1.54) is 21.8 Å². The van der Waals surface area contributed by atoms with Gasteiger partial charge in [-0.25, -0.2) is 13.3 Å². The van der Waals surface area contributed by atoms with Crippen LogP contribution in [0.5, 0.6) is 0 Å². The second kappa shape index (κ2) is 11.3. The lowest BCUT2D eigenvalue weighted by Crippen LogP contribution is -2.45. The number of aryl methyl sites for hydroxylation is 1. The predicted octanol–water partition coefficient (Wildman–Crippen LogP) is 8.80. The van der Waals surface area contributed by atoms with Crippen molar-refractivity contribution in [3.05, 3.63) is 184 Å². The maximum atomic E-state index is 15.5. The average molecular weight is 664 g/mol. The first-order valence-corrected chi connectivity index (χ1v) is 17.8. The maximum Gasteiger partial charge on any atom is 0.267 e. The van der Waals surface area contributed by atoms with Gasteiger partial charge in [-0.3, -0.25) is 9.10 Å². The lowest BCUT2D eigenvalue weighted by molar-refractivity contribution is -0.122. The molecule has 0 N–H and O–H groups in total. The molecule has 2 aliphatic heterocycles. The van der Waals surface area contributed by atoms with E-state index in [4.69, 9.17) is 6.57 Å². The lowest BCUT2D eigenvalue weighted by atomic mass is 9.65. The molecule has 6 nitrogen and oxygen atoms in total. The first-order valence-electron chi connectivity index (χ1n) is 15.6. The molecule has 234 valence electrons. The van der Waals surface area contributed by atoms with Crippen molar-refractivity contribution in [2.75, 3.05) is 9.21 Å². The SMILES string of the molecule is [C-]#[N+]C1=CN(S(=O)(=O)c2ccc(C)cc2)c2c(sc3ccccc23)[C@H](c2ccccc2)[C@@]12C(=O)N(Cc1ccccc1)c1ccccc12. The summed E-state index contributed by atoms with van der Waals surface area (Å²) < 4.78 is 31.7. The normalized spacial score (nSPS) is 18.7. The number of hydrogen-bond acceptors (Lipinski definition) is 4. The summed E-state index contributed by atoms with van der Waals surface area (Å²) in [6, 6.07) is 41.6. The molecule has 3 heterocycles. The fourth-order valence-corrected chi connectivity index (χ4v) is 10.0. The van der Waals surface area contributed by atoms with E-state index in [-0.39, 0.29) is 16.5 Å². The summed E-state index contributed by atoms with van der Waals surface area (Å²) in [5.74, 6) is -0.972. The first kappa shape index (κ1) is 29.9. The summed E-state index contributed by atoms with van der Waals surface area (Å²) in [6.07, 6.45) is 1.42. The molecule has 2 aliphatic rings. The highest BCUT2D eigenvalue weighted by Gasteiger charge is 2.62. The van der Waals surface area contributed by atoms with E-state index in [0.717, 1.165) is 26.8 Å². The first-order chi connectivity index (χ1) is 23.4. The van der Waals surface area contributed by atoms with Gasteiger partial charge in [0.15, 0.2) is 0 Å². The van der Waals surface area contributed by atoms with Gasteiger partial charge in [0.25, 0.3) is 10.0 Å². The van der Waals surface area contributed by atoms with Gasteiger partial charge >= 0.3 is 0 Å². The Morgan fingerprint density at radius 1 is 0.812 bits per heavy atom. The molecule has 0 bridgehead atoms.